The van der Waals surface area contributed by atoms with Crippen LogP contribution in [0.5, 0.6) is 5.75 Å². The normalized spacial score (nSPS) is 11.8. The van der Waals surface area contributed by atoms with E-state index in [-0.39, 0.29) is 11.7 Å². The molecule has 0 saturated heterocycles. The van der Waals surface area contributed by atoms with Gasteiger partial charge >= 0.3 is 0 Å². The number of aryl methyl sites for hydroxylation is 1. The SMILES string of the molecule is CC(=O)c1ccc(O[C@H](C)C(=O)Nc2nc(-c3ccc(C)s3)cs2)cc1. The fourth-order valence-electron chi connectivity index (χ4n) is 2.25. The van der Waals surface area contributed by atoms with Gasteiger partial charge in [-0.05, 0) is 57.2 Å². The van der Waals surface area contributed by atoms with Crippen LogP contribution in [-0.2, 0) is 4.79 Å². The number of aromatic nitrogens is 1. The van der Waals surface area contributed by atoms with Gasteiger partial charge in [-0.1, -0.05) is 0 Å². The highest BCUT2D eigenvalue weighted by molar-refractivity contribution is 7.17. The second-order valence-electron chi connectivity index (χ2n) is 5.78. The predicted octanol–water partition coefficient (Wildman–Crippen LogP) is 4.79. The topological polar surface area (TPSA) is 68.3 Å². The van der Waals surface area contributed by atoms with Crippen LogP contribution in [0.25, 0.3) is 10.6 Å². The highest BCUT2D eigenvalue weighted by atomic mass is 32.1. The van der Waals surface area contributed by atoms with Gasteiger partial charge < -0.3 is 4.74 Å². The van der Waals surface area contributed by atoms with Gasteiger partial charge in [0.1, 0.15) is 5.75 Å². The molecule has 1 amide bonds. The molecule has 2 aromatic heterocycles. The second-order valence-corrected chi connectivity index (χ2v) is 7.92. The van der Waals surface area contributed by atoms with Crippen molar-refractivity contribution in [2.75, 3.05) is 5.32 Å². The second kappa shape index (κ2) is 7.80. The summed E-state index contributed by atoms with van der Waals surface area (Å²) < 4.78 is 5.63. The van der Waals surface area contributed by atoms with Crippen LogP contribution >= 0.6 is 22.7 Å². The Morgan fingerprint density at radius 1 is 1.15 bits per heavy atom. The molecular formula is C19H18N2O3S2. The summed E-state index contributed by atoms with van der Waals surface area (Å²) in [5, 5.41) is 5.25. The number of hydrogen-bond acceptors (Lipinski definition) is 6. The number of hydrogen-bond donors (Lipinski definition) is 1. The first-order valence-electron chi connectivity index (χ1n) is 8.03. The van der Waals surface area contributed by atoms with Crippen molar-refractivity contribution in [3.8, 4) is 16.3 Å². The van der Waals surface area contributed by atoms with Crippen molar-refractivity contribution in [1.82, 2.24) is 4.98 Å². The van der Waals surface area contributed by atoms with Crippen molar-refractivity contribution in [2.24, 2.45) is 0 Å². The molecule has 2 heterocycles. The lowest BCUT2D eigenvalue weighted by Crippen LogP contribution is -2.30. The number of carbonyl (C=O) groups excluding carboxylic acids is 2. The van der Waals surface area contributed by atoms with E-state index in [2.05, 4.69) is 10.3 Å². The van der Waals surface area contributed by atoms with E-state index < -0.39 is 6.10 Å². The number of Topliss-reactive ketones (excluding diaryl/α,β-unsaturated/α-hetero) is 1. The maximum atomic E-state index is 12.3. The summed E-state index contributed by atoms with van der Waals surface area (Å²) in [6, 6.07) is 10.8. The number of nitrogens with zero attached hydrogens (tertiary/aromatic N) is 1. The molecule has 0 unspecified atom stereocenters. The molecule has 0 aliphatic carbocycles. The summed E-state index contributed by atoms with van der Waals surface area (Å²) in [5.41, 5.74) is 1.46. The number of nitrogens with one attached hydrogen (secondary N) is 1. The number of anilines is 1. The standard InChI is InChI=1S/C19H18N2O3S2/c1-11-4-9-17(26-11)16-10-25-19(20-16)21-18(23)13(3)24-15-7-5-14(6-8-15)12(2)22/h4-10,13H,1-3H3,(H,20,21,23)/t13-/m1/s1. The van der Waals surface area contributed by atoms with E-state index in [1.807, 2.05) is 24.4 Å². The van der Waals surface area contributed by atoms with Crippen LogP contribution in [0, 0.1) is 6.92 Å². The third-order valence-corrected chi connectivity index (χ3v) is 5.45. The van der Waals surface area contributed by atoms with Crippen molar-refractivity contribution in [3.63, 3.8) is 0 Å². The van der Waals surface area contributed by atoms with Gasteiger partial charge in [0.05, 0.1) is 10.6 Å². The van der Waals surface area contributed by atoms with Crippen molar-refractivity contribution >= 4 is 39.5 Å². The Bertz CT molecular complexity index is 928. The Kier molecular flexibility index (Phi) is 5.49. The smallest absolute Gasteiger partial charge is 0.266 e. The number of thiazole rings is 1. The molecule has 1 N–H and O–H groups in total. The first-order chi connectivity index (χ1) is 12.4. The zero-order valence-electron chi connectivity index (χ0n) is 14.6. The van der Waals surface area contributed by atoms with E-state index >= 15 is 0 Å². The van der Waals surface area contributed by atoms with Gasteiger partial charge in [-0.25, -0.2) is 4.98 Å². The predicted molar refractivity (Wildman–Crippen MR) is 105 cm³/mol. The third-order valence-electron chi connectivity index (χ3n) is 3.67. The number of amides is 1. The Morgan fingerprint density at radius 3 is 2.50 bits per heavy atom. The van der Waals surface area contributed by atoms with Crippen molar-refractivity contribution < 1.29 is 14.3 Å². The molecule has 3 aromatic rings. The molecule has 0 radical (unpaired) electrons. The average Bonchev–Trinajstić information content (AvgIpc) is 3.24. The van der Waals surface area contributed by atoms with Crippen molar-refractivity contribution in [2.45, 2.75) is 26.9 Å². The summed E-state index contributed by atoms with van der Waals surface area (Å²) in [6.45, 7) is 5.22. The first kappa shape index (κ1) is 18.3. The largest absolute Gasteiger partial charge is 0.481 e. The van der Waals surface area contributed by atoms with Gasteiger partial charge in [0.25, 0.3) is 5.91 Å². The minimum atomic E-state index is -0.686. The zero-order chi connectivity index (χ0) is 18.7. The molecule has 134 valence electrons. The maximum Gasteiger partial charge on any atom is 0.266 e. The lowest BCUT2D eigenvalue weighted by atomic mass is 10.1. The van der Waals surface area contributed by atoms with Crippen LogP contribution in [0.1, 0.15) is 29.1 Å². The minimum Gasteiger partial charge on any atom is -0.481 e. The lowest BCUT2D eigenvalue weighted by Gasteiger charge is -2.13. The van der Waals surface area contributed by atoms with Crippen LogP contribution in [0.2, 0.25) is 0 Å². The quantitative estimate of drug-likeness (QED) is 0.619. The van der Waals surface area contributed by atoms with E-state index in [4.69, 9.17) is 4.74 Å². The molecule has 0 aliphatic heterocycles. The van der Waals surface area contributed by atoms with Crippen LogP contribution in [0.4, 0.5) is 5.13 Å². The van der Waals surface area contributed by atoms with E-state index in [0.29, 0.717) is 16.4 Å². The molecule has 0 saturated carbocycles. The van der Waals surface area contributed by atoms with Gasteiger partial charge in [-0.15, -0.1) is 22.7 Å². The molecule has 5 nitrogen and oxygen atoms in total. The van der Waals surface area contributed by atoms with Crippen molar-refractivity contribution in [1.29, 1.82) is 0 Å². The summed E-state index contributed by atoms with van der Waals surface area (Å²) in [5.74, 6) is 0.248. The summed E-state index contributed by atoms with van der Waals surface area (Å²) in [6.07, 6.45) is -0.686. The minimum absolute atomic E-state index is 0.0113. The number of carbonyl (C=O) groups is 2. The average molecular weight is 386 g/mol. The number of ether oxygens (including phenoxy) is 1. The number of thiophene rings is 1. The van der Waals surface area contributed by atoms with Gasteiger partial charge in [0, 0.05) is 15.8 Å². The summed E-state index contributed by atoms with van der Waals surface area (Å²) in [7, 11) is 0. The van der Waals surface area contributed by atoms with E-state index in [1.54, 1.807) is 42.5 Å². The number of rotatable bonds is 6. The third kappa shape index (κ3) is 4.36. The Balaban J connectivity index is 1.60. The van der Waals surface area contributed by atoms with Gasteiger partial charge in [0.15, 0.2) is 17.0 Å². The van der Waals surface area contributed by atoms with Crippen LogP contribution in [0.15, 0.2) is 41.8 Å². The monoisotopic (exact) mass is 386 g/mol. The van der Waals surface area contributed by atoms with Gasteiger partial charge in [0.2, 0.25) is 0 Å². The van der Waals surface area contributed by atoms with E-state index in [0.717, 1.165) is 10.6 Å². The molecule has 0 aliphatic rings. The molecular weight excluding hydrogens is 368 g/mol. The zero-order valence-corrected chi connectivity index (χ0v) is 16.2. The highest BCUT2D eigenvalue weighted by Gasteiger charge is 2.17. The molecule has 1 aromatic carbocycles. The highest BCUT2D eigenvalue weighted by Crippen LogP contribution is 2.30. The summed E-state index contributed by atoms with van der Waals surface area (Å²) in [4.78, 5) is 30.4. The fourth-order valence-corrected chi connectivity index (χ4v) is 3.87. The molecule has 0 spiro atoms. The summed E-state index contributed by atoms with van der Waals surface area (Å²) >= 11 is 3.05. The Hall–Kier alpha value is -2.51. The number of ketones is 1. The first-order valence-corrected chi connectivity index (χ1v) is 9.73. The molecule has 26 heavy (non-hydrogen) atoms. The van der Waals surface area contributed by atoms with Crippen LogP contribution < -0.4 is 10.1 Å². The Labute approximate surface area is 159 Å². The lowest BCUT2D eigenvalue weighted by molar-refractivity contribution is -0.122. The van der Waals surface area contributed by atoms with E-state index in [9.17, 15) is 9.59 Å². The van der Waals surface area contributed by atoms with Crippen LogP contribution in [-0.4, -0.2) is 22.8 Å². The number of benzene rings is 1. The molecule has 1 atom stereocenters. The van der Waals surface area contributed by atoms with Crippen LogP contribution in [0.3, 0.4) is 0 Å². The fraction of sp³-hybridized carbons (Fsp3) is 0.211. The van der Waals surface area contributed by atoms with E-state index in [1.165, 1.54) is 23.1 Å². The van der Waals surface area contributed by atoms with Crippen molar-refractivity contribution in [3.05, 3.63) is 52.2 Å². The molecule has 7 heteroatoms. The molecule has 0 bridgehead atoms. The Morgan fingerprint density at radius 2 is 1.88 bits per heavy atom. The maximum absolute atomic E-state index is 12.3. The molecule has 0 fully saturated rings. The van der Waals surface area contributed by atoms with Gasteiger partial charge in [-0.2, -0.15) is 0 Å². The molecule has 3 rings (SSSR count). The van der Waals surface area contributed by atoms with Gasteiger partial charge in [-0.3, -0.25) is 14.9 Å².